The van der Waals surface area contributed by atoms with Crippen molar-refractivity contribution >= 4 is 29.9 Å². The van der Waals surface area contributed by atoms with E-state index in [0.29, 0.717) is 22.9 Å². The zero-order chi connectivity index (χ0) is 16.8. The molecule has 1 aliphatic rings. The van der Waals surface area contributed by atoms with Gasteiger partial charge >= 0.3 is 0 Å². The number of hydrogen-bond acceptors (Lipinski definition) is 3. The highest BCUT2D eigenvalue weighted by Gasteiger charge is 2.18. The van der Waals surface area contributed by atoms with Gasteiger partial charge in [-0.05, 0) is 55.8 Å². The Morgan fingerprint density at radius 3 is 2.52 bits per heavy atom. The molecule has 2 aromatic rings. The summed E-state index contributed by atoms with van der Waals surface area (Å²) in [5, 5.41) is 7.10. The van der Waals surface area contributed by atoms with Gasteiger partial charge < -0.3 is 15.4 Å². The van der Waals surface area contributed by atoms with Crippen LogP contribution in [-0.4, -0.2) is 25.0 Å². The molecule has 6 heteroatoms. The third-order valence-corrected chi connectivity index (χ3v) is 4.37. The van der Waals surface area contributed by atoms with Crippen molar-refractivity contribution in [2.45, 2.75) is 25.5 Å². The second-order valence-corrected chi connectivity index (χ2v) is 6.35. The van der Waals surface area contributed by atoms with E-state index in [0.717, 1.165) is 31.5 Å². The van der Waals surface area contributed by atoms with Gasteiger partial charge in [0.15, 0.2) is 0 Å². The van der Waals surface area contributed by atoms with Crippen molar-refractivity contribution in [1.29, 1.82) is 0 Å². The van der Waals surface area contributed by atoms with Gasteiger partial charge in [-0.25, -0.2) is 0 Å². The Morgan fingerprint density at radius 1 is 1.12 bits per heavy atom. The minimum Gasteiger partial charge on any atom is -0.488 e. The summed E-state index contributed by atoms with van der Waals surface area (Å²) in [6.07, 6.45) is 1.92. The van der Waals surface area contributed by atoms with Gasteiger partial charge in [0.05, 0.1) is 5.56 Å². The van der Waals surface area contributed by atoms with Crippen LogP contribution in [0, 0.1) is 0 Å². The van der Waals surface area contributed by atoms with Crippen LogP contribution in [0.1, 0.15) is 28.8 Å². The van der Waals surface area contributed by atoms with Gasteiger partial charge in [0.1, 0.15) is 12.4 Å². The molecule has 0 unspecified atom stereocenters. The molecule has 0 spiro atoms. The van der Waals surface area contributed by atoms with Crippen LogP contribution >= 0.6 is 24.0 Å². The highest BCUT2D eigenvalue weighted by molar-refractivity contribution is 6.30. The summed E-state index contributed by atoms with van der Waals surface area (Å²) in [4.78, 5) is 12.6. The molecule has 2 aromatic carbocycles. The van der Waals surface area contributed by atoms with Gasteiger partial charge in [-0.1, -0.05) is 35.9 Å². The Labute approximate surface area is 159 Å². The molecule has 1 heterocycles. The molecule has 1 saturated heterocycles. The smallest absolute Gasteiger partial charge is 0.255 e. The van der Waals surface area contributed by atoms with Crippen LogP contribution in [0.15, 0.2) is 48.5 Å². The fourth-order valence-electron chi connectivity index (χ4n) is 2.75. The Kier molecular flexibility index (Phi) is 7.56. The number of para-hydroxylation sites is 1. The second-order valence-electron chi connectivity index (χ2n) is 5.91. The Hall–Kier alpha value is -1.75. The van der Waals surface area contributed by atoms with Crippen molar-refractivity contribution in [1.82, 2.24) is 10.6 Å². The lowest BCUT2D eigenvalue weighted by Gasteiger charge is -2.24. The number of piperidine rings is 1. The third kappa shape index (κ3) is 5.63. The van der Waals surface area contributed by atoms with E-state index in [2.05, 4.69) is 10.6 Å². The van der Waals surface area contributed by atoms with Gasteiger partial charge in [-0.2, -0.15) is 0 Å². The molecular weight excluding hydrogens is 359 g/mol. The van der Waals surface area contributed by atoms with Crippen LogP contribution in [0.25, 0.3) is 0 Å². The van der Waals surface area contributed by atoms with E-state index in [-0.39, 0.29) is 24.4 Å². The molecule has 0 aliphatic carbocycles. The molecule has 0 saturated carbocycles. The average Bonchev–Trinajstić information content (AvgIpc) is 2.62. The summed E-state index contributed by atoms with van der Waals surface area (Å²) in [5.74, 6) is 0.521. The van der Waals surface area contributed by atoms with Gasteiger partial charge in [0, 0.05) is 11.1 Å². The predicted molar refractivity (Wildman–Crippen MR) is 103 cm³/mol. The molecule has 2 N–H and O–H groups in total. The van der Waals surface area contributed by atoms with E-state index in [1.807, 2.05) is 42.5 Å². The SMILES string of the molecule is Cl.O=C(NC1CCNCC1)c1ccccc1OCc1ccc(Cl)cc1. The zero-order valence-electron chi connectivity index (χ0n) is 13.8. The first-order valence-corrected chi connectivity index (χ1v) is 8.58. The van der Waals surface area contributed by atoms with Crippen LogP contribution in [0.5, 0.6) is 5.75 Å². The van der Waals surface area contributed by atoms with Crippen LogP contribution in [0.2, 0.25) is 5.02 Å². The van der Waals surface area contributed by atoms with E-state index >= 15 is 0 Å². The highest BCUT2D eigenvalue weighted by Crippen LogP contribution is 2.20. The standard InChI is InChI=1S/C19H21ClN2O2.ClH/c20-15-7-5-14(6-8-15)13-24-18-4-2-1-3-17(18)19(23)22-16-9-11-21-12-10-16;/h1-8,16,21H,9-13H2,(H,22,23);1H. The number of carbonyl (C=O) groups excluding carboxylic acids is 1. The number of amides is 1. The van der Waals surface area contributed by atoms with Crippen molar-refractivity contribution in [2.75, 3.05) is 13.1 Å². The number of hydrogen-bond donors (Lipinski definition) is 2. The monoisotopic (exact) mass is 380 g/mol. The van der Waals surface area contributed by atoms with Crippen molar-refractivity contribution in [2.24, 2.45) is 0 Å². The summed E-state index contributed by atoms with van der Waals surface area (Å²) >= 11 is 5.89. The maximum atomic E-state index is 12.6. The predicted octanol–water partition coefficient (Wildman–Crippen LogP) is 3.82. The molecule has 1 aliphatic heterocycles. The number of rotatable bonds is 5. The Balaban J connectivity index is 0.00000225. The van der Waals surface area contributed by atoms with E-state index in [1.165, 1.54) is 0 Å². The summed E-state index contributed by atoms with van der Waals surface area (Å²) in [6, 6.07) is 15.1. The molecular formula is C19H22Cl2N2O2. The molecule has 25 heavy (non-hydrogen) atoms. The quantitative estimate of drug-likeness (QED) is 0.828. The second kappa shape index (κ2) is 9.66. The van der Waals surface area contributed by atoms with E-state index < -0.39 is 0 Å². The maximum Gasteiger partial charge on any atom is 0.255 e. The fourth-order valence-corrected chi connectivity index (χ4v) is 2.88. The third-order valence-electron chi connectivity index (χ3n) is 4.11. The summed E-state index contributed by atoms with van der Waals surface area (Å²) in [7, 11) is 0. The molecule has 4 nitrogen and oxygen atoms in total. The molecule has 0 bridgehead atoms. The number of nitrogens with one attached hydrogen (secondary N) is 2. The van der Waals surface area contributed by atoms with Crippen molar-refractivity contribution in [3.8, 4) is 5.75 Å². The molecule has 1 amide bonds. The fraction of sp³-hybridized carbons (Fsp3) is 0.316. The zero-order valence-corrected chi connectivity index (χ0v) is 15.4. The molecule has 3 rings (SSSR count). The number of ether oxygens (including phenoxy) is 1. The van der Waals surface area contributed by atoms with Gasteiger partial charge in [0.25, 0.3) is 5.91 Å². The number of benzene rings is 2. The van der Waals surface area contributed by atoms with E-state index in [9.17, 15) is 4.79 Å². The van der Waals surface area contributed by atoms with E-state index in [4.69, 9.17) is 16.3 Å². The first-order chi connectivity index (χ1) is 11.7. The maximum absolute atomic E-state index is 12.6. The van der Waals surface area contributed by atoms with Crippen molar-refractivity contribution in [3.05, 3.63) is 64.7 Å². The highest BCUT2D eigenvalue weighted by atomic mass is 35.5. The normalized spacial score (nSPS) is 14.4. The topological polar surface area (TPSA) is 50.4 Å². The van der Waals surface area contributed by atoms with E-state index in [1.54, 1.807) is 6.07 Å². The number of halogens is 2. The lowest BCUT2D eigenvalue weighted by molar-refractivity contribution is 0.0925. The van der Waals surface area contributed by atoms with Gasteiger partial charge in [-0.3, -0.25) is 4.79 Å². The van der Waals surface area contributed by atoms with Gasteiger partial charge in [-0.15, -0.1) is 12.4 Å². The minimum absolute atomic E-state index is 0. The van der Waals surface area contributed by atoms with Crippen LogP contribution in [0.3, 0.4) is 0 Å². The molecule has 0 aromatic heterocycles. The molecule has 1 fully saturated rings. The van der Waals surface area contributed by atoms with Crippen molar-refractivity contribution < 1.29 is 9.53 Å². The molecule has 134 valence electrons. The summed E-state index contributed by atoms with van der Waals surface area (Å²) in [6.45, 7) is 2.29. The lowest BCUT2D eigenvalue weighted by Crippen LogP contribution is -2.42. The Bertz CT molecular complexity index is 686. The van der Waals surface area contributed by atoms with Crippen molar-refractivity contribution in [3.63, 3.8) is 0 Å². The average molecular weight is 381 g/mol. The lowest BCUT2D eigenvalue weighted by atomic mass is 10.1. The van der Waals surface area contributed by atoms with Crippen LogP contribution in [-0.2, 0) is 6.61 Å². The molecule has 0 atom stereocenters. The summed E-state index contributed by atoms with van der Waals surface area (Å²) in [5.41, 5.74) is 1.58. The summed E-state index contributed by atoms with van der Waals surface area (Å²) < 4.78 is 5.86. The minimum atomic E-state index is -0.0754. The van der Waals surface area contributed by atoms with Gasteiger partial charge in [0.2, 0.25) is 0 Å². The van der Waals surface area contributed by atoms with Crippen LogP contribution < -0.4 is 15.4 Å². The van der Waals surface area contributed by atoms with Crippen LogP contribution in [0.4, 0.5) is 0 Å². The Morgan fingerprint density at radius 2 is 1.80 bits per heavy atom. The largest absolute Gasteiger partial charge is 0.488 e. The first-order valence-electron chi connectivity index (χ1n) is 8.20. The first kappa shape index (κ1) is 19.6. The molecule has 0 radical (unpaired) electrons. The number of carbonyl (C=O) groups is 1.